The highest BCUT2D eigenvalue weighted by Gasteiger charge is 2.05. The zero-order valence-electron chi connectivity index (χ0n) is 9.03. The van der Waals surface area contributed by atoms with E-state index in [2.05, 4.69) is 5.32 Å². The van der Waals surface area contributed by atoms with Gasteiger partial charge in [-0.15, -0.1) is 0 Å². The highest BCUT2D eigenvalue weighted by atomic mass is 16.3. The Labute approximate surface area is 89.5 Å². The summed E-state index contributed by atoms with van der Waals surface area (Å²) in [6.45, 7) is 2.54. The number of nitrogens with zero attached hydrogens (tertiary/aromatic N) is 1. The van der Waals surface area contributed by atoms with Crippen molar-refractivity contribution in [2.75, 3.05) is 18.9 Å². The van der Waals surface area contributed by atoms with E-state index in [0.29, 0.717) is 12.2 Å². The molecule has 0 fully saturated rings. The zero-order valence-corrected chi connectivity index (χ0v) is 9.03. The Morgan fingerprint density at radius 3 is 2.87 bits per heavy atom. The predicted molar refractivity (Wildman–Crippen MR) is 59.7 cm³/mol. The summed E-state index contributed by atoms with van der Waals surface area (Å²) in [6.07, 6.45) is 0. The molecule has 0 aliphatic heterocycles. The van der Waals surface area contributed by atoms with Crippen LogP contribution in [0.5, 0.6) is 0 Å². The van der Waals surface area contributed by atoms with Crippen LogP contribution >= 0.6 is 0 Å². The van der Waals surface area contributed by atoms with Gasteiger partial charge in [0.1, 0.15) is 0 Å². The maximum Gasteiger partial charge on any atom is 0.321 e. The van der Waals surface area contributed by atoms with E-state index in [1.807, 2.05) is 6.92 Å². The molecule has 0 aliphatic carbocycles. The first-order valence-corrected chi connectivity index (χ1v) is 4.89. The van der Waals surface area contributed by atoms with Crippen molar-refractivity contribution in [1.29, 1.82) is 0 Å². The monoisotopic (exact) mass is 208 g/mol. The lowest BCUT2D eigenvalue weighted by molar-refractivity contribution is 0.224. The van der Waals surface area contributed by atoms with Crippen LogP contribution in [0.2, 0.25) is 0 Å². The smallest absolute Gasteiger partial charge is 0.321 e. The van der Waals surface area contributed by atoms with Crippen molar-refractivity contribution in [1.82, 2.24) is 4.90 Å². The fourth-order valence-electron chi connectivity index (χ4n) is 1.11. The highest BCUT2D eigenvalue weighted by molar-refractivity contribution is 5.89. The van der Waals surface area contributed by atoms with Crippen molar-refractivity contribution >= 4 is 11.7 Å². The van der Waals surface area contributed by atoms with Gasteiger partial charge in [0.2, 0.25) is 0 Å². The van der Waals surface area contributed by atoms with Crippen LogP contribution in [0.15, 0.2) is 24.3 Å². The van der Waals surface area contributed by atoms with E-state index in [1.54, 1.807) is 36.2 Å². The number of carbonyl (C=O) groups is 1. The van der Waals surface area contributed by atoms with Crippen LogP contribution in [-0.4, -0.2) is 29.6 Å². The second-order valence-electron chi connectivity index (χ2n) is 3.30. The van der Waals surface area contributed by atoms with Crippen molar-refractivity contribution in [3.05, 3.63) is 29.8 Å². The first kappa shape index (κ1) is 11.5. The zero-order chi connectivity index (χ0) is 11.3. The molecule has 2 N–H and O–H groups in total. The molecule has 0 spiro atoms. The first-order chi connectivity index (χ1) is 7.17. The number of anilines is 1. The molecule has 0 radical (unpaired) electrons. The molecule has 15 heavy (non-hydrogen) atoms. The van der Waals surface area contributed by atoms with Gasteiger partial charge in [0, 0.05) is 19.3 Å². The number of carbonyl (C=O) groups excluding carboxylic acids is 1. The van der Waals surface area contributed by atoms with E-state index in [0.717, 1.165) is 5.56 Å². The molecule has 0 unspecified atom stereocenters. The van der Waals surface area contributed by atoms with Gasteiger partial charge in [0.05, 0.1) is 6.61 Å². The summed E-state index contributed by atoms with van der Waals surface area (Å²) in [7, 11) is 1.73. The molecule has 4 nitrogen and oxygen atoms in total. The van der Waals surface area contributed by atoms with Crippen molar-refractivity contribution in [3.63, 3.8) is 0 Å². The molecule has 1 aromatic rings. The molecule has 0 aromatic heterocycles. The minimum absolute atomic E-state index is 0.0205. The van der Waals surface area contributed by atoms with Gasteiger partial charge in [-0.25, -0.2) is 4.79 Å². The van der Waals surface area contributed by atoms with Gasteiger partial charge in [-0.1, -0.05) is 12.1 Å². The van der Waals surface area contributed by atoms with E-state index in [-0.39, 0.29) is 12.6 Å². The third-order valence-electron chi connectivity index (χ3n) is 2.18. The maximum absolute atomic E-state index is 11.5. The number of aliphatic hydroxyl groups is 1. The summed E-state index contributed by atoms with van der Waals surface area (Å²) in [6, 6.07) is 7.00. The summed E-state index contributed by atoms with van der Waals surface area (Å²) in [4.78, 5) is 13.1. The SMILES string of the molecule is CCN(C)C(=O)Nc1cccc(CO)c1. The number of urea groups is 1. The molecule has 0 atom stereocenters. The summed E-state index contributed by atoms with van der Waals surface area (Å²) < 4.78 is 0. The third-order valence-corrected chi connectivity index (χ3v) is 2.18. The number of nitrogens with one attached hydrogen (secondary N) is 1. The van der Waals surface area contributed by atoms with Crippen LogP contribution in [0.1, 0.15) is 12.5 Å². The maximum atomic E-state index is 11.5. The Hall–Kier alpha value is -1.55. The van der Waals surface area contributed by atoms with Crippen molar-refractivity contribution in [3.8, 4) is 0 Å². The van der Waals surface area contributed by atoms with E-state index in [9.17, 15) is 4.79 Å². The fourth-order valence-corrected chi connectivity index (χ4v) is 1.11. The second-order valence-corrected chi connectivity index (χ2v) is 3.30. The second kappa shape index (κ2) is 5.36. The van der Waals surface area contributed by atoms with E-state index >= 15 is 0 Å². The molecule has 2 amide bonds. The Morgan fingerprint density at radius 2 is 2.27 bits per heavy atom. The number of aliphatic hydroxyl groups excluding tert-OH is 1. The van der Waals surface area contributed by atoms with Gasteiger partial charge in [-0.2, -0.15) is 0 Å². The molecule has 0 aliphatic rings. The van der Waals surface area contributed by atoms with Crippen molar-refractivity contribution < 1.29 is 9.90 Å². The Bertz CT molecular complexity index is 339. The van der Waals surface area contributed by atoms with Crippen molar-refractivity contribution in [2.45, 2.75) is 13.5 Å². The fraction of sp³-hybridized carbons (Fsp3) is 0.364. The number of benzene rings is 1. The lowest BCUT2D eigenvalue weighted by atomic mass is 10.2. The molecule has 1 aromatic carbocycles. The van der Waals surface area contributed by atoms with Gasteiger partial charge >= 0.3 is 6.03 Å². The Kier molecular flexibility index (Phi) is 4.12. The predicted octanol–water partition coefficient (Wildman–Crippen LogP) is 1.66. The molecule has 82 valence electrons. The quantitative estimate of drug-likeness (QED) is 0.793. The summed E-state index contributed by atoms with van der Waals surface area (Å²) in [5.41, 5.74) is 1.49. The lowest BCUT2D eigenvalue weighted by Crippen LogP contribution is -2.30. The number of amides is 2. The first-order valence-electron chi connectivity index (χ1n) is 4.89. The molecule has 0 bridgehead atoms. The molecule has 4 heteroatoms. The molecule has 1 rings (SSSR count). The normalized spacial score (nSPS) is 9.80. The van der Waals surface area contributed by atoms with Crippen LogP contribution in [0.25, 0.3) is 0 Å². The summed E-state index contributed by atoms with van der Waals surface area (Å²) in [5.74, 6) is 0. The topological polar surface area (TPSA) is 52.6 Å². The van der Waals surface area contributed by atoms with E-state index in [1.165, 1.54) is 0 Å². The van der Waals surface area contributed by atoms with Gasteiger partial charge in [0.25, 0.3) is 0 Å². The van der Waals surface area contributed by atoms with Crippen LogP contribution in [0.4, 0.5) is 10.5 Å². The largest absolute Gasteiger partial charge is 0.392 e. The molecular weight excluding hydrogens is 192 g/mol. The highest BCUT2D eigenvalue weighted by Crippen LogP contribution is 2.10. The van der Waals surface area contributed by atoms with Crippen molar-refractivity contribution in [2.24, 2.45) is 0 Å². The number of hydrogen-bond acceptors (Lipinski definition) is 2. The van der Waals surface area contributed by atoms with Crippen LogP contribution in [-0.2, 0) is 6.61 Å². The van der Waals surface area contributed by atoms with Crippen LogP contribution in [0.3, 0.4) is 0 Å². The number of rotatable bonds is 3. The molecular formula is C11H16N2O2. The average Bonchev–Trinajstić information content (AvgIpc) is 2.28. The van der Waals surface area contributed by atoms with E-state index < -0.39 is 0 Å². The van der Waals surface area contributed by atoms with Gasteiger partial charge in [0.15, 0.2) is 0 Å². The van der Waals surface area contributed by atoms with Crippen LogP contribution in [0, 0.1) is 0 Å². The third kappa shape index (κ3) is 3.25. The minimum Gasteiger partial charge on any atom is -0.392 e. The van der Waals surface area contributed by atoms with Gasteiger partial charge in [-0.05, 0) is 24.6 Å². The van der Waals surface area contributed by atoms with Gasteiger partial charge in [-0.3, -0.25) is 0 Å². The van der Waals surface area contributed by atoms with Gasteiger partial charge < -0.3 is 15.3 Å². The minimum atomic E-state index is -0.146. The lowest BCUT2D eigenvalue weighted by Gasteiger charge is -2.15. The summed E-state index contributed by atoms with van der Waals surface area (Å²) >= 11 is 0. The molecule has 0 saturated heterocycles. The van der Waals surface area contributed by atoms with E-state index in [4.69, 9.17) is 5.11 Å². The number of hydrogen-bond donors (Lipinski definition) is 2. The molecule has 0 saturated carbocycles. The van der Waals surface area contributed by atoms with Crippen LogP contribution < -0.4 is 5.32 Å². The summed E-state index contributed by atoms with van der Waals surface area (Å²) in [5, 5.41) is 11.7. The molecule has 0 heterocycles. The Balaban J connectivity index is 2.68. The Morgan fingerprint density at radius 1 is 1.53 bits per heavy atom. The average molecular weight is 208 g/mol. The standard InChI is InChI=1S/C11H16N2O2/c1-3-13(2)11(15)12-10-6-4-5-9(7-10)8-14/h4-7,14H,3,8H2,1-2H3,(H,12,15).